The number of carbonyl (C=O) groups excluding carboxylic acids is 1. The van der Waals surface area contributed by atoms with E-state index in [4.69, 9.17) is 0 Å². The first-order valence-corrected chi connectivity index (χ1v) is 9.76. The van der Waals surface area contributed by atoms with Gasteiger partial charge in [-0.2, -0.15) is 5.10 Å². The lowest BCUT2D eigenvalue weighted by Gasteiger charge is -2.10. The predicted molar refractivity (Wildman–Crippen MR) is 91.6 cm³/mol. The van der Waals surface area contributed by atoms with Crippen LogP contribution in [0.3, 0.4) is 0 Å². The molecule has 128 valence electrons. The molecule has 1 atom stereocenters. The first kappa shape index (κ1) is 16.7. The molecule has 3 rings (SSSR count). The zero-order valence-corrected chi connectivity index (χ0v) is 14.6. The molecular formula is C17H21N3O3S. The van der Waals surface area contributed by atoms with Gasteiger partial charge in [0.05, 0.1) is 17.5 Å². The molecule has 1 unspecified atom stereocenters. The third kappa shape index (κ3) is 3.67. The van der Waals surface area contributed by atoms with E-state index in [-0.39, 0.29) is 23.5 Å². The van der Waals surface area contributed by atoms with E-state index in [1.54, 1.807) is 10.7 Å². The van der Waals surface area contributed by atoms with Crippen molar-refractivity contribution in [3.8, 4) is 0 Å². The van der Waals surface area contributed by atoms with Crippen molar-refractivity contribution in [2.45, 2.75) is 32.9 Å². The highest BCUT2D eigenvalue weighted by Crippen LogP contribution is 2.24. The molecule has 1 aromatic heterocycles. The van der Waals surface area contributed by atoms with Gasteiger partial charge in [-0.25, -0.2) is 8.42 Å². The molecule has 0 radical (unpaired) electrons. The molecule has 24 heavy (non-hydrogen) atoms. The van der Waals surface area contributed by atoms with Crippen LogP contribution in [0.25, 0.3) is 0 Å². The zero-order chi connectivity index (χ0) is 17.3. The third-order valence-electron chi connectivity index (χ3n) is 4.24. The van der Waals surface area contributed by atoms with E-state index >= 15 is 0 Å². The summed E-state index contributed by atoms with van der Waals surface area (Å²) in [6.45, 7) is 4.28. The SMILES string of the molecule is Cc1cccc(CNC(=O)c2cc(C)n(C3CCS(=O)(=O)C3)n2)c1. The molecule has 1 N–H and O–H groups in total. The van der Waals surface area contributed by atoms with Crippen LogP contribution >= 0.6 is 0 Å². The minimum atomic E-state index is -2.98. The number of hydrogen-bond acceptors (Lipinski definition) is 4. The summed E-state index contributed by atoms with van der Waals surface area (Å²) >= 11 is 0. The smallest absolute Gasteiger partial charge is 0.272 e. The zero-order valence-electron chi connectivity index (χ0n) is 13.8. The summed E-state index contributed by atoms with van der Waals surface area (Å²) in [4.78, 5) is 12.3. The average molecular weight is 347 g/mol. The summed E-state index contributed by atoms with van der Waals surface area (Å²) in [7, 11) is -2.98. The maximum Gasteiger partial charge on any atom is 0.272 e. The molecule has 1 fully saturated rings. The fourth-order valence-corrected chi connectivity index (χ4v) is 4.72. The van der Waals surface area contributed by atoms with Gasteiger partial charge in [-0.3, -0.25) is 9.48 Å². The Labute approximate surface area is 141 Å². The molecular weight excluding hydrogens is 326 g/mol. The Morgan fingerprint density at radius 2 is 2.12 bits per heavy atom. The monoisotopic (exact) mass is 347 g/mol. The first-order chi connectivity index (χ1) is 11.3. The lowest BCUT2D eigenvalue weighted by molar-refractivity contribution is 0.0945. The second kappa shape index (κ2) is 6.39. The van der Waals surface area contributed by atoms with E-state index in [0.717, 1.165) is 16.8 Å². The Bertz CT molecular complexity index is 871. The summed E-state index contributed by atoms with van der Waals surface area (Å²) in [5, 5.41) is 7.18. The molecule has 1 aromatic carbocycles. The lowest BCUT2D eigenvalue weighted by atomic mass is 10.1. The molecule has 1 saturated heterocycles. The topological polar surface area (TPSA) is 81.1 Å². The lowest BCUT2D eigenvalue weighted by Crippen LogP contribution is -2.24. The molecule has 2 aromatic rings. The third-order valence-corrected chi connectivity index (χ3v) is 6.00. The summed E-state index contributed by atoms with van der Waals surface area (Å²) in [6, 6.07) is 9.47. The summed E-state index contributed by atoms with van der Waals surface area (Å²) in [5.41, 5.74) is 3.30. The van der Waals surface area contributed by atoms with Crippen molar-refractivity contribution < 1.29 is 13.2 Å². The van der Waals surface area contributed by atoms with Gasteiger partial charge in [-0.15, -0.1) is 0 Å². The molecule has 0 spiro atoms. The molecule has 0 aliphatic carbocycles. The minimum absolute atomic E-state index is 0.0971. The standard InChI is InChI=1S/C17H21N3O3S/c1-12-4-3-5-14(8-12)10-18-17(21)16-9-13(2)20(19-16)15-6-7-24(22,23)11-15/h3-5,8-9,15H,6-7,10-11H2,1-2H3,(H,18,21). The van der Waals surface area contributed by atoms with E-state index in [2.05, 4.69) is 10.4 Å². The molecule has 0 saturated carbocycles. The Morgan fingerprint density at radius 3 is 2.79 bits per heavy atom. The van der Waals surface area contributed by atoms with Gasteiger partial charge in [0.2, 0.25) is 0 Å². The quantitative estimate of drug-likeness (QED) is 0.914. The molecule has 6 nitrogen and oxygen atoms in total. The van der Waals surface area contributed by atoms with Crippen molar-refractivity contribution in [3.63, 3.8) is 0 Å². The van der Waals surface area contributed by atoms with E-state index in [1.807, 2.05) is 38.1 Å². The van der Waals surface area contributed by atoms with Crippen molar-refractivity contribution in [2.24, 2.45) is 0 Å². The molecule has 0 bridgehead atoms. The van der Waals surface area contributed by atoms with Crippen LogP contribution < -0.4 is 5.32 Å². The van der Waals surface area contributed by atoms with E-state index in [0.29, 0.717) is 18.7 Å². The van der Waals surface area contributed by atoms with Crippen molar-refractivity contribution in [1.82, 2.24) is 15.1 Å². The Kier molecular flexibility index (Phi) is 4.45. The molecule has 2 heterocycles. The van der Waals surface area contributed by atoms with Crippen molar-refractivity contribution in [1.29, 1.82) is 0 Å². The minimum Gasteiger partial charge on any atom is -0.347 e. The number of amides is 1. The van der Waals surface area contributed by atoms with Crippen LogP contribution in [0.5, 0.6) is 0 Å². The van der Waals surface area contributed by atoms with Gasteiger partial charge < -0.3 is 5.32 Å². The highest BCUT2D eigenvalue weighted by Gasteiger charge is 2.31. The van der Waals surface area contributed by atoms with Gasteiger partial charge in [0.15, 0.2) is 9.84 Å². The van der Waals surface area contributed by atoms with Crippen LogP contribution in [0.1, 0.15) is 39.8 Å². The largest absolute Gasteiger partial charge is 0.347 e. The number of sulfone groups is 1. The number of benzene rings is 1. The maximum absolute atomic E-state index is 12.3. The fraction of sp³-hybridized carbons (Fsp3) is 0.412. The number of carbonyl (C=O) groups is 1. The molecule has 7 heteroatoms. The van der Waals surface area contributed by atoms with Crippen LogP contribution in [0, 0.1) is 13.8 Å². The number of aromatic nitrogens is 2. The first-order valence-electron chi connectivity index (χ1n) is 7.94. The van der Waals surface area contributed by atoms with Gasteiger partial charge in [0, 0.05) is 12.2 Å². The van der Waals surface area contributed by atoms with Crippen molar-refractivity contribution in [2.75, 3.05) is 11.5 Å². The normalized spacial score (nSPS) is 19.3. The summed E-state index contributed by atoms with van der Waals surface area (Å²) in [5.74, 6) is 0.0327. The number of aryl methyl sites for hydroxylation is 2. The second-order valence-electron chi connectivity index (χ2n) is 6.34. The van der Waals surface area contributed by atoms with E-state index < -0.39 is 9.84 Å². The van der Waals surface area contributed by atoms with Gasteiger partial charge in [0.1, 0.15) is 5.69 Å². The Morgan fingerprint density at radius 1 is 1.33 bits per heavy atom. The molecule has 1 aliphatic rings. The molecule has 1 amide bonds. The van der Waals surface area contributed by atoms with Crippen LogP contribution in [0.4, 0.5) is 0 Å². The van der Waals surface area contributed by atoms with E-state index in [9.17, 15) is 13.2 Å². The number of hydrogen-bond donors (Lipinski definition) is 1. The summed E-state index contributed by atoms with van der Waals surface area (Å²) in [6.07, 6.45) is 0.551. The van der Waals surface area contributed by atoms with Gasteiger partial charge in [-0.1, -0.05) is 29.8 Å². The van der Waals surface area contributed by atoms with Gasteiger partial charge in [0.25, 0.3) is 5.91 Å². The highest BCUT2D eigenvalue weighted by molar-refractivity contribution is 7.91. The van der Waals surface area contributed by atoms with Crippen LogP contribution in [0.15, 0.2) is 30.3 Å². The van der Waals surface area contributed by atoms with Gasteiger partial charge in [-0.05, 0) is 31.9 Å². The Hall–Kier alpha value is -2.15. The molecule has 1 aliphatic heterocycles. The van der Waals surface area contributed by atoms with Crippen LogP contribution in [-0.2, 0) is 16.4 Å². The van der Waals surface area contributed by atoms with E-state index in [1.165, 1.54) is 0 Å². The predicted octanol–water partition coefficient (Wildman–Crippen LogP) is 1.79. The summed E-state index contributed by atoms with van der Waals surface area (Å²) < 4.78 is 24.9. The highest BCUT2D eigenvalue weighted by atomic mass is 32.2. The second-order valence-corrected chi connectivity index (χ2v) is 8.57. The van der Waals surface area contributed by atoms with Crippen LogP contribution in [0.2, 0.25) is 0 Å². The number of nitrogens with one attached hydrogen (secondary N) is 1. The maximum atomic E-state index is 12.3. The van der Waals surface area contributed by atoms with Gasteiger partial charge >= 0.3 is 0 Å². The van der Waals surface area contributed by atoms with Crippen molar-refractivity contribution >= 4 is 15.7 Å². The van der Waals surface area contributed by atoms with Crippen molar-refractivity contribution in [3.05, 3.63) is 52.8 Å². The number of nitrogens with zero attached hydrogens (tertiary/aromatic N) is 2. The van der Waals surface area contributed by atoms with Crippen LogP contribution in [-0.4, -0.2) is 35.6 Å². The number of rotatable bonds is 4. The average Bonchev–Trinajstić information content (AvgIpc) is 3.07. The Balaban J connectivity index is 1.69. The fourth-order valence-electron chi connectivity index (χ4n) is 3.03.